The first-order valence-electron chi connectivity index (χ1n) is 5.50. The van der Waals surface area contributed by atoms with E-state index in [1.807, 2.05) is 0 Å². The summed E-state index contributed by atoms with van der Waals surface area (Å²) in [5, 5.41) is 9.15. The molecule has 1 aliphatic rings. The monoisotopic (exact) mass is 323 g/mol. The molecule has 5 nitrogen and oxygen atoms in total. The van der Waals surface area contributed by atoms with E-state index < -0.39 is 21.9 Å². The molecule has 2 rings (SSSR count). The van der Waals surface area contributed by atoms with Crippen LogP contribution < -0.4 is 4.72 Å². The van der Waals surface area contributed by atoms with Gasteiger partial charge in [-0.3, -0.25) is 4.79 Å². The molecule has 1 aromatic rings. The number of hydrogen-bond acceptors (Lipinski definition) is 3. The van der Waals surface area contributed by atoms with Crippen LogP contribution in [0.4, 0.5) is 0 Å². The van der Waals surface area contributed by atoms with Gasteiger partial charge in [-0.25, -0.2) is 13.1 Å². The first kappa shape index (κ1) is 14.6. The molecular weight excluding hydrogens is 313 g/mol. The number of hydrogen-bond donors (Lipinski definition) is 2. The largest absolute Gasteiger partial charge is 0.481 e. The smallest absolute Gasteiger partial charge is 0.306 e. The van der Waals surface area contributed by atoms with Gasteiger partial charge in [-0.2, -0.15) is 0 Å². The van der Waals surface area contributed by atoms with Crippen LogP contribution in [-0.4, -0.2) is 25.5 Å². The highest BCUT2D eigenvalue weighted by Crippen LogP contribution is 2.30. The Morgan fingerprint density at radius 2 is 1.89 bits per heavy atom. The Bertz CT molecular complexity index is 611. The fraction of sp³-hybridized carbons (Fsp3) is 0.364. The Labute approximate surface area is 120 Å². The first-order chi connectivity index (χ1) is 8.79. The molecule has 1 saturated carbocycles. The van der Waals surface area contributed by atoms with E-state index >= 15 is 0 Å². The molecule has 1 fully saturated rings. The van der Waals surface area contributed by atoms with Crippen molar-refractivity contribution in [3.05, 3.63) is 28.2 Å². The van der Waals surface area contributed by atoms with Gasteiger partial charge in [-0.05, 0) is 31.0 Å². The van der Waals surface area contributed by atoms with E-state index in [4.69, 9.17) is 28.3 Å². The zero-order valence-electron chi connectivity index (χ0n) is 9.64. The summed E-state index contributed by atoms with van der Waals surface area (Å²) in [5.41, 5.74) is 0. The van der Waals surface area contributed by atoms with Crippen LogP contribution in [0.3, 0.4) is 0 Å². The number of aliphatic carboxylic acids is 1. The van der Waals surface area contributed by atoms with Crippen molar-refractivity contribution in [2.24, 2.45) is 5.92 Å². The third-order valence-electron chi connectivity index (χ3n) is 3.01. The van der Waals surface area contributed by atoms with Crippen LogP contribution in [0.1, 0.15) is 12.8 Å². The second-order valence-corrected chi connectivity index (χ2v) is 6.93. The van der Waals surface area contributed by atoms with Crippen molar-refractivity contribution in [2.75, 3.05) is 0 Å². The third kappa shape index (κ3) is 3.20. The summed E-state index contributed by atoms with van der Waals surface area (Å²) >= 11 is 11.5. The van der Waals surface area contributed by atoms with Crippen LogP contribution in [0.15, 0.2) is 23.1 Å². The van der Waals surface area contributed by atoms with Crippen LogP contribution in [0.2, 0.25) is 10.0 Å². The van der Waals surface area contributed by atoms with Crippen LogP contribution in [0.25, 0.3) is 0 Å². The summed E-state index contributed by atoms with van der Waals surface area (Å²) in [4.78, 5) is 10.7. The molecule has 0 aromatic heterocycles. The molecule has 104 valence electrons. The molecule has 19 heavy (non-hydrogen) atoms. The van der Waals surface area contributed by atoms with E-state index in [9.17, 15) is 13.2 Å². The summed E-state index contributed by atoms with van der Waals surface area (Å²) < 4.78 is 26.5. The first-order valence-corrected chi connectivity index (χ1v) is 7.73. The van der Waals surface area contributed by atoms with Gasteiger partial charge in [0.05, 0.1) is 20.9 Å². The quantitative estimate of drug-likeness (QED) is 0.889. The van der Waals surface area contributed by atoms with Crippen molar-refractivity contribution in [3.8, 4) is 0 Å². The lowest BCUT2D eigenvalue weighted by Gasteiger charge is -2.32. The Balaban J connectivity index is 2.07. The van der Waals surface area contributed by atoms with Crippen molar-refractivity contribution >= 4 is 39.2 Å². The fourth-order valence-corrected chi connectivity index (χ4v) is 3.50. The molecule has 0 radical (unpaired) electrons. The average molecular weight is 324 g/mol. The number of halogens is 2. The predicted octanol–water partition coefficient (Wildman–Crippen LogP) is 2.13. The van der Waals surface area contributed by atoms with Crippen molar-refractivity contribution < 1.29 is 18.3 Å². The van der Waals surface area contributed by atoms with E-state index in [1.165, 1.54) is 18.2 Å². The van der Waals surface area contributed by atoms with Gasteiger partial charge in [0.15, 0.2) is 0 Å². The summed E-state index contributed by atoms with van der Waals surface area (Å²) in [5.74, 6) is -1.37. The second-order valence-electron chi connectivity index (χ2n) is 4.40. The molecule has 0 aliphatic heterocycles. The van der Waals surface area contributed by atoms with E-state index in [1.54, 1.807) is 0 Å². The van der Waals surface area contributed by atoms with Crippen LogP contribution in [0, 0.1) is 5.92 Å². The van der Waals surface area contributed by atoms with Crippen molar-refractivity contribution in [1.82, 2.24) is 4.72 Å². The van der Waals surface area contributed by atoms with E-state index in [-0.39, 0.29) is 21.0 Å². The minimum Gasteiger partial charge on any atom is -0.481 e. The number of carbonyl (C=O) groups is 1. The Morgan fingerprint density at radius 1 is 1.26 bits per heavy atom. The number of carboxylic acid groups (broad SMARTS) is 1. The molecule has 1 aliphatic carbocycles. The third-order valence-corrected chi connectivity index (χ3v) is 5.27. The second kappa shape index (κ2) is 5.28. The van der Waals surface area contributed by atoms with Gasteiger partial charge in [-0.15, -0.1) is 0 Å². The van der Waals surface area contributed by atoms with Crippen LogP contribution >= 0.6 is 23.2 Å². The molecule has 0 saturated heterocycles. The highest BCUT2D eigenvalue weighted by molar-refractivity contribution is 7.89. The minimum atomic E-state index is -3.69. The van der Waals surface area contributed by atoms with Gasteiger partial charge in [-0.1, -0.05) is 23.2 Å². The zero-order valence-corrected chi connectivity index (χ0v) is 12.0. The number of nitrogens with one attached hydrogen (secondary N) is 1. The van der Waals surface area contributed by atoms with Crippen LogP contribution in [0.5, 0.6) is 0 Å². The summed E-state index contributed by atoms with van der Waals surface area (Å²) in [6, 6.07) is 3.67. The van der Waals surface area contributed by atoms with Gasteiger partial charge in [0.25, 0.3) is 0 Å². The van der Waals surface area contributed by atoms with E-state index in [0.29, 0.717) is 12.8 Å². The molecule has 0 amide bonds. The van der Waals surface area contributed by atoms with Crippen molar-refractivity contribution in [3.63, 3.8) is 0 Å². The highest BCUT2D eigenvalue weighted by Gasteiger charge is 2.37. The fourth-order valence-electron chi connectivity index (χ4n) is 1.85. The van der Waals surface area contributed by atoms with E-state index in [0.717, 1.165) is 0 Å². The maximum atomic E-state index is 12.0. The highest BCUT2D eigenvalue weighted by atomic mass is 35.5. The average Bonchev–Trinajstić information content (AvgIpc) is 2.26. The number of sulfonamides is 1. The lowest BCUT2D eigenvalue weighted by atomic mass is 9.81. The van der Waals surface area contributed by atoms with E-state index in [2.05, 4.69) is 4.72 Å². The van der Waals surface area contributed by atoms with Gasteiger partial charge in [0.2, 0.25) is 10.0 Å². The zero-order chi connectivity index (χ0) is 14.2. The van der Waals surface area contributed by atoms with Gasteiger partial charge < -0.3 is 5.11 Å². The Kier molecular flexibility index (Phi) is 4.06. The molecular formula is C11H11Cl2NO4S. The number of carboxylic acids is 1. The SMILES string of the molecule is O=C(O)C1CC(NS(=O)(=O)c2ccc(Cl)c(Cl)c2)C1. The molecule has 0 spiro atoms. The molecule has 0 bridgehead atoms. The molecule has 1 aromatic carbocycles. The molecule has 0 heterocycles. The minimum absolute atomic E-state index is 0.0145. The topological polar surface area (TPSA) is 83.5 Å². The lowest BCUT2D eigenvalue weighted by Crippen LogP contribution is -2.46. The summed E-state index contributed by atoms with van der Waals surface area (Å²) in [6.07, 6.45) is 0.603. The molecule has 0 atom stereocenters. The van der Waals surface area contributed by atoms with Gasteiger partial charge >= 0.3 is 5.97 Å². The Hall–Kier alpha value is -0.820. The number of rotatable bonds is 4. The summed E-state index contributed by atoms with van der Waals surface area (Å²) in [7, 11) is -3.69. The predicted molar refractivity (Wildman–Crippen MR) is 70.9 cm³/mol. The standard InChI is InChI=1S/C11H11Cl2NO4S/c12-9-2-1-8(5-10(9)13)19(17,18)14-7-3-6(4-7)11(15)16/h1-2,5-7,14H,3-4H2,(H,15,16). The lowest BCUT2D eigenvalue weighted by molar-refractivity contribution is -0.145. The molecule has 2 N–H and O–H groups in total. The maximum Gasteiger partial charge on any atom is 0.306 e. The molecule has 8 heteroatoms. The van der Waals surface area contributed by atoms with Crippen LogP contribution in [-0.2, 0) is 14.8 Å². The van der Waals surface area contributed by atoms with Crippen molar-refractivity contribution in [1.29, 1.82) is 0 Å². The molecule has 0 unspecified atom stereocenters. The van der Waals surface area contributed by atoms with Crippen molar-refractivity contribution in [2.45, 2.75) is 23.8 Å². The van der Waals surface area contributed by atoms with Gasteiger partial charge in [0.1, 0.15) is 0 Å². The number of benzene rings is 1. The maximum absolute atomic E-state index is 12.0. The summed E-state index contributed by atoms with van der Waals surface area (Å²) in [6.45, 7) is 0. The Morgan fingerprint density at radius 3 is 2.42 bits per heavy atom. The van der Waals surface area contributed by atoms with Gasteiger partial charge in [0, 0.05) is 6.04 Å². The normalized spacial score (nSPS) is 22.8.